The standard InChI is InChI=1S/C23H24ClF2N5O3S/c24-15-10-35-17-5-16(30-18(15)17)22(34)31-9-12-6-23(25,26)7-14(12)19(31)21(33)29-13(8-27)4-11-2-1-3-28-20(11)32/h5,10-14,19,30H,1-4,6-7,9H2,(H,28,32)(H,29,33)/t11-,12-,13+,14-,19-/m0/s1. The number of carbonyl (C=O) groups excluding carboxylic acids is 3. The van der Waals surface area contributed by atoms with Gasteiger partial charge in [-0.3, -0.25) is 14.4 Å². The second-order valence-corrected chi connectivity index (χ2v) is 11.0. The lowest BCUT2D eigenvalue weighted by atomic mass is 9.90. The molecule has 186 valence electrons. The summed E-state index contributed by atoms with van der Waals surface area (Å²) in [5.74, 6) is -5.82. The van der Waals surface area contributed by atoms with Crippen molar-refractivity contribution in [3.05, 3.63) is 22.2 Å². The Morgan fingerprint density at radius 2 is 2.20 bits per heavy atom. The van der Waals surface area contributed by atoms with Crippen LogP contribution in [-0.2, 0) is 9.59 Å². The van der Waals surface area contributed by atoms with E-state index in [2.05, 4.69) is 15.6 Å². The third-order valence-corrected chi connectivity index (χ3v) is 8.69. The predicted molar refractivity (Wildman–Crippen MR) is 125 cm³/mol. The van der Waals surface area contributed by atoms with Crippen LogP contribution in [0.25, 0.3) is 10.2 Å². The highest BCUT2D eigenvalue weighted by atomic mass is 35.5. The van der Waals surface area contributed by atoms with Crippen molar-refractivity contribution in [3.63, 3.8) is 0 Å². The summed E-state index contributed by atoms with van der Waals surface area (Å²) in [5, 5.41) is 17.2. The Bertz CT molecular complexity index is 1220. The molecule has 3 N–H and O–H groups in total. The number of hydrogen-bond donors (Lipinski definition) is 3. The number of hydrogen-bond acceptors (Lipinski definition) is 5. The molecular formula is C23H24ClF2N5O3S. The van der Waals surface area contributed by atoms with Crippen LogP contribution in [0.15, 0.2) is 11.4 Å². The topological polar surface area (TPSA) is 118 Å². The van der Waals surface area contributed by atoms with Crippen molar-refractivity contribution in [1.82, 2.24) is 20.5 Å². The van der Waals surface area contributed by atoms with E-state index in [0.29, 0.717) is 23.5 Å². The summed E-state index contributed by atoms with van der Waals surface area (Å²) in [6.07, 6.45) is 0.639. The molecule has 35 heavy (non-hydrogen) atoms. The van der Waals surface area contributed by atoms with Crippen LogP contribution in [0.5, 0.6) is 0 Å². The molecule has 1 saturated carbocycles. The lowest BCUT2D eigenvalue weighted by Crippen LogP contribution is -2.52. The Morgan fingerprint density at radius 3 is 2.91 bits per heavy atom. The molecule has 5 rings (SSSR count). The summed E-state index contributed by atoms with van der Waals surface area (Å²) in [6.45, 7) is 0.608. The lowest BCUT2D eigenvalue weighted by molar-refractivity contribution is -0.129. The van der Waals surface area contributed by atoms with E-state index in [1.165, 1.54) is 16.2 Å². The van der Waals surface area contributed by atoms with Crippen LogP contribution in [0.2, 0.25) is 5.02 Å². The van der Waals surface area contributed by atoms with Crippen molar-refractivity contribution < 1.29 is 23.2 Å². The van der Waals surface area contributed by atoms with Gasteiger partial charge in [-0.05, 0) is 37.2 Å². The number of carbonyl (C=O) groups is 3. The second kappa shape index (κ2) is 9.06. The van der Waals surface area contributed by atoms with Crippen LogP contribution in [0.4, 0.5) is 8.78 Å². The number of alkyl halides is 2. The van der Waals surface area contributed by atoms with Crippen molar-refractivity contribution in [2.75, 3.05) is 13.1 Å². The number of nitrogens with one attached hydrogen (secondary N) is 3. The molecule has 2 aromatic rings. The first kappa shape index (κ1) is 24.0. The molecule has 2 saturated heterocycles. The second-order valence-electron chi connectivity index (χ2n) is 9.65. The molecule has 3 aliphatic rings. The summed E-state index contributed by atoms with van der Waals surface area (Å²) in [4.78, 5) is 43.2. The minimum absolute atomic E-state index is 0.0276. The molecule has 0 unspecified atom stereocenters. The van der Waals surface area contributed by atoms with E-state index in [4.69, 9.17) is 11.6 Å². The Morgan fingerprint density at radius 1 is 1.40 bits per heavy atom. The molecule has 3 amide bonds. The maximum Gasteiger partial charge on any atom is 0.271 e. The Balaban J connectivity index is 1.37. The first-order valence-electron chi connectivity index (χ1n) is 11.6. The first-order valence-corrected chi connectivity index (χ1v) is 12.8. The number of halogens is 3. The van der Waals surface area contributed by atoms with Gasteiger partial charge in [0.05, 0.1) is 21.3 Å². The highest BCUT2D eigenvalue weighted by Crippen LogP contribution is 2.50. The molecule has 2 aliphatic heterocycles. The number of nitriles is 1. The number of aromatic amines is 1. The highest BCUT2D eigenvalue weighted by molar-refractivity contribution is 7.17. The van der Waals surface area contributed by atoms with Gasteiger partial charge < -0.3 is 20.5 Å². The Kier molecular flexibility index (Phi) is 6.21. The average molecular weight is 524 g/mol. The van der Waals surface area contributed by atoms with Crippen LogP contribution in [-0.4, -0.2) is 58.7 Å². The third kappa shape index (κ3) is 4.49. The molecule has 4 heterocycles. The third-order valence-electron chi connectivity index (χ3n) is 7.33. The van der Waals surface area contributed by atoms with E-state index in [1.54, 1.807) is 11.4 Å². The molecule has 0 aromatic carbocycles. The molecule has 2 aromatic heterocycles. The van der Waals surface area contributed by atoms with Gasteiger partial charge in [0.2, 0.25) is 17.7 Å². The van der Waals surface area contributed by atoms with Crippen LogP contribution >= 0.6 is 22.9 Å². The SMILES string of the molecule is N#C[C@@H](C[C@@H]1CCCNC1=O)NC(=O)[C@@H]1[C@H]2CC(F)(F)C[C@H]2CN1C(=O)c1cc2scc(Cl)c2[nH]1. The lowest BCUT2D eigenvalue weighted by Gasteiger charge is -2.29. The summed E-state index contributed by atoms with van der Waals surface area (Å²) < 4.78 is 29.2. The molecule has 8 nitrogen and oxygen atoms in total. The molecule has 5 atom stereocenters. The number of aromatic nitrogens is 1. The van der Waals surface area contributed by atoms with Gasteiger partial charge in [0.25, 0.3) is 5.91 Å². The molecule has 1 aliphatic carbocycles. The maximum absolute atomic E-state index is 14.2. The van der Waals surface area contributed by atoms with Crippen LogP contribution in [0.3, 0.4) is 0 Å². The smallest absolute Gasteiger partial charge is 0.271 e. The van der Waals surface area contributed by atoms with Crippen molar-refractivity contribution in [3.8, 4) is 6.07 Å². The van der Waals surface area contributed by atoms with Crippen molar-refractivity contribution >= 4 is 50.9 Å². The van der Waals surface area contributed by atoms with E-state index < -0.39 is 54.0 Å². The van der Waals surface area contributed by atoms with Crippen LogP contribution < -0.4 is 10.6 Å². The normalized spacial score (nSPS) is 28.4. The van der Waals surface area contributed by atoms with Gasteiger partial charge in [-0.25, -0.2) is 8.78 Å². The van der Waals surface area contributed by atoms with Crippen molar-refractivity contribution in [1.29, 1.82) is 5.26 Å². The molecule has 0 spiro atoms. The minimum atomic E-state index is -2.90. The summed E-state index contributed by atoms with van der Waals surface area (Å²) in [6, 6.07) is 1.56. The quantitative estimate of drug-likeness (QED) is 0.557. The number of H-pyrrole nitrogens is 1. The Labute approximate surface area is 209 Å². The number of thiophene rings is 1. The summed E-state index contributed by atoms with van der Waals surface area (Å²) in [7, 11) is 0. The number of piperidine rings is 1. The zero-order valence-electron chi connectivity index (χ0n) is 18.7. The maximum atomic E-state index is 14.2. The number of fused-ring (bicyclic) bond motifs is 2. The van der Waals surface area contributed by atoms with Gasteiger partial charge in [0.1, 0.15) is 17.8 Å². The largest absolute Gasteiger partial charge is 0.356 e. The van der Waals surface area contributed by atoms with Gasteiger partial charge in [0.15, 0.2) is 0 Å². The van der Waals surface area contributed by atoms with Gasteiger partial charge in [0, 0.05) is 37.2 Å². The van der Waals surface area contributed by atoms with Gasteiger partial charge in [-0.15, -0.1) is 11.3 Å². The number of rotatable bonds is 5. The number of likely N-dealkylation sites (tertiary alicyclic amines) is 1. The fraction of sp³-hybridized carbons (Fsp3) is 0.565. The van der Waals surface area contributed by atoms with Gasteiger partial charge in [-0.2, -0.15) is 5.26 Å². The summed E-state index contributed by atoms with van der Waals surface area (Å²) in [5.41, 5.74) is 0.844. The molecule has 0 radical (unpaired) electrons. The zero-order chi connectivity index (χ0) is 24.9. The van der Waals surface area contributed by atoms with E-state index in [1.807, 2.05) is 6.07 Å². The predicted octanol–water partition coefficient (Wildman–Crippen LogP) is 3.29. The van der Waals surface area contributed by atoms with Crippen LogP contribution in [0, 0.1) is 29.1 Å². The van der Waals surface area contributed by atoms with E-state index in [0.717, 1.165) is 11.1 Å². The fourth-order valence-electron chi connectivity index (χ4n) is 5.74. The number of amides is 3. The van der Waals surface area contributed by atoms with Crippen molar-refractivity contribution in [2.24, 2.45) is 17.8 Å². The number of nitrogens with zero attached hydrogens (tertiary/aromatic N) is 2. The molecule has 3 fully saturated rings. The van der Waals surface area contributed by atoms with E-state index >= 15 is 0 Å². The fourth-order valence-corrected chi connectivity index (χ4v) is 6.89. The first-order chi connectivity index (χ1) is 16.7. The molecule has 12 heteroatoms. The van der Waals surface area contributed by atoms with Gasteiger partial charge in [-0.1, -0.05) is 11.6 Å². The summed E-state index contributed by atoms with van der Waals surface area (Å²) >= 11 is 7.52. The van der Waals surface area contributed by atoms with Crippen molar-refractivity contribution in [2.45, 2.75) is 50.1 Å². The monoisotopic (exact) mass is 523 g/mol. The zero-order valence-corrected chi connectivity index (χ0v) is 20.2. The van der Waals surface area contributed by atoms with Gasteiger partial charge >= 0.3 is 0 Å². The van der Waals surface area contributed by atoms with E-state index in [9.17, 15) is 28.4 Å². The van der Waals surface area contributed by atoms with Crippen LogP contribution in [0.1, 0.15) is 42.6 Å². The molecular weight excluding hydrogens is 500 g/mol. The Hall–Kier alpha value is -2.71. The van der Waals surface area contributed by atoms with E-state index in [-0.39, 0.29) is 31.0 Å². The highest BCUT2D eigenvalue weighted by Gasteiger charge is 2.58. The minimum Gasteiger partial charge on any atom is -0.356 e. The average Bonchev–Trinajstić information content (AvgIpc) is 3.54. The molecule has 0 bridgehead atoms.